The van der Waals surface area contributed by atoms with Gasteiger partial charge in [0.25, 0.3) is 0 Å². The molecule has 0 aliphatic heterocycles. The van der Waals surface area contributed by atoms with Crippen LogP contribution in [0.2, 0.25) is 0 Å². The molecule has 0 spiro atoms. The molecule has 0 saturated carbocycles. The van der Waals surface area contributed by atoms with Crippen LogP contribution in [0.1, 0.15) is 37.7 Å². The SMILES string of the molecule is CC(C)(C)CCn1nnc(C(=O)O)c1-c1cccnc1. The Bertz CT molecular complexity index is 599. The Hall–Kier alpha value is -2.24. The molecule has 20 heavy (non-hydrogen) atoms. The van der Waals surface area contributed by atoms with E-state index in [-0.39, 0.29) is 11.1 Å². The Labute approximate surface area is 117 Å². The lowest BCUT2D eigenvalue weighted by Gasteiger charge is -2.18. The number of carboxylic acid groups (broad SMARTS) is 1. The largest absolute Gasteiger partial charge is 0.476 e. The van der Waals surface area contributed by atoms with E-state index in [4.69, 9.17) is 0 Å². The van der Waals surface area contributed by atoms with Crippen LogP contribution in [0.4, 0.5) is 0 Å². The van der Waals surface area contributed by atoms with E-state index in [9.17, 15) is 9.90 Å². The second kappa shape index (κ2) is 5.40. The molecule has 6 nitrogen and oxygen atoms in total. The molecule has 106 valence electrons. The molecule has 0 atom stereocenters. The first-order chi connectivity index (χ1) is 9.38. The molecule has 2 rings (SSSR count). The van der Waals surface area contributed by atoms with Gasteiger partial charge in [-0.15, -0.1) is 5.10 Å². The highest BCUT2D eigenvalue weighted by Gasteiger charge is 2.21. The number of hydrogen-bond acceptors (Lipinski definition) is 4. The molecule has 0 saturated heterocycles. The number of aryl methyl sites for hydroxylation is 1. The van der Waals surface area contributed by atoms with Crippen molar-refractivity contribution in [3.63, 3.8) is 0 Å². The molecular formula is C14H18N4O2. The molecule has 2 aromatic heterocycles. The molecule has 1 N–H and O–H groups in total. The summed E-state index contributed by atoms with van der Waals surface area (Å²) in [6, 6.07) is 3.58. The van der Waals surface area contributed by atoms with Crippen LogP contribution in [0.15, 0.2) is 24.5 Å². The summed E-state index contributed by atoms with van der Waals surface area (Å²) in [5.74, 6) is -1.08. The summed E-state index contributed by atoms with van der Waals surface area (Å²) in [4.78, 5) is 15.3. The van der Waals surface area contributed by atoms with Crippen molar-refractivity contribution >= 4 is 5.97 Å². The van der Waals surface area contributed by atoms with Crippen molar-refractivity contribution in [2.75, 3.05) is 0 Å². The number of pyridine rings is 1. The number of aromatic carboxylic acids is 1. The maximum absolute atomic E-state index is 11.3. The molecule has 0 bridgehead atoms. The molecule has 2 aromatic rings. The van der Waals surface area contributed by atoms with Gasteiger partial charge in [-0.05, 0) is 24.0 Å². The van der Waals surface area contributed by atoms with E-state index in [2.05, 4.69) is 36.1 Å². The minimum atomic E-state index is -1.08. The Morgan fingerprint density at radius 3 is 2.70 bits per heavy atom. The van der Waals surface area contributed by atoms with Gasteiger partial charge in [-0.3, -0.25) is 4.98 Å². The van der Waals surface area contributed by atoms with Crippen LogP contribution in [0.25, 0.3) is 11.3 Å². The van der Waals surface area contributed by atoms with Gasteiger partial charge in [-0.25, -0.2) is 9.48 Å². The van der Waals surface area contributed by atoms with E-state index < -0.39 is 5.97 Å². The summed E-state index contributed by atoms with van der Waals surface area (Å²) in [6.45, 7) is 7.01. The fourth-order valence-electron chi connectivity index (χ4n) is 1.84. The lowest BCUT2D eigenvalue weighted by Crippen LogP contribution is -2.12. The van der Waals surface area contributed by atoms with Crippen LogP contribution in [0.5, 0.6) is 0 Å². The molecule has 0 aliphatic rings. The van der Waals surface area contributed by atoms with Crippen LogP contribution in [-0.2, 0) is 6.54 Å². The van der Waals surface area contributed by atoms with Crippen molar-refractivity contribution in [2.24, 2.45) is 5.41 Å². The molecule has 0 amide bonds. The van der Waals surface area contributed by atoms with Crippen LogP contribution < -0.4 is 0 Å². The summed E-state index contributed by atoms with van der Waals surface area (Å²) in [7, 11) is 0. The smallest absolute Gasteiger partial charge is 0.358 e. The number of carbonyl (C=O) groups is 1. The van der Waals surface area contributed by atoms with Gasteiger partial charge in [0.15, 0.2) is 5.69 Å². The zero-order chi connectivity index (χ0) is 14.8. The normalized spacial score (nSPS) is 11.6. The minimum absolute atomic E-state index is 0.0353. The van der Waals surface area contributed by atoms with Gasteiger partial charge in [0.2, 0.25) is 0 Å². The van der Waals surface area contributed by atoms with Gasteiger partial charge in [0, 0.05) is 24.5 Å². The Kier molecular flexibility index (Phi) is 3.83. The molecular weight excluding hydrogens is 256 g/mol. The van der Waals surface area contributed by atoms with E-state index in [1.165, 1.54) is 0 Å². The van der Waals surface area contributed by atoms with Crippen LogP contribution in [0, 0.1) is 5.41 Å². The predicted octanol–water partition coefficient (Wildman–Crippen LogP) is 2.47. The number of nitrogens with zero attached hydrogens (tertiary/aromatic N) is 4. The zero-order valence-corrected chi connectivity index (χ0v) is 11.9. The average molecular weight is 274 g/mol. The topological polar surface area (TPSA) is 80.9 Å². The Morgan fingerprint density at radius 2 is 2.15 bits per heavy atom. The monoisotopic (exact) mass is 274 g/mol. The summed E-state index contributed by atoms with van der Waals surface area (Å²) in [6.07, 6.45) is 4.15. The van der Waals surface area contributed by atoms with Crippen molar-refractivity contribution in [1.29, 1.82) is 0 Å². The highest BCUT2D eigenvalue weighted by molar-refractivity contribution is 5.92. The van der Waals surface area contributed by atoms with Crippen LogP contribution in [-0.4, -0.2) is 31.1 Å². The van der Waals surface area contributed by atoms with Crippen molar-refractivity contribution in [2.45, 2.75) is 33.7 Å². The van der Waals surface area contributed by atoms with E-state index in [0.717, 1.165) is 6.42 Å². The highest BCUT2D eigenvalue weighted by Crippen LogP contribution is 2.24. The predicted molar refractivity (Wildman–Crippen MR) is 74.3 cm³/mol. The molecule has 6 heteroatoms. The zero-order valence-electron chi connectivity index (χ0n) is 11.9. The molecule has 0 aromatic carbocycles. The average Bonchev–Trinajstić information content (AvgIpc) is 2.80. The van der Waals surface area contributed by atoms with Gasteiger partial charge < -0.3 is 5.11 Å². The number of aromatic nitrogens is 4. The van der Waals surface area contributed by atoms with Gasteiger partial charge in [-0.1, -0.05) is 26.0 Å². The van der Waals surface area contributed by atoms with E-state index >= 15 is 0 Å². The fourth-order valence-corrected chi connectivity index (χ4v) is 1.84. The quantitative estimate of drug-likeness (QED) is 0.926. The third-order valence-electron chi connectivity index (χ3n) is 2.95. The molecule has 0 radical (unpaired) electrons. The van der Waals surface area contributed by atoms with E-state index in [0.29, 0.717) is 17.8 Å². The maximum Gasteiger partial charge on any atom is 0.358 e. The third-order valence-corrected chi connectivity index (χ3v) is 2.95. The first-order valence-corrected chi connectivity index (χ1v) is 6.46. The summed E-state index contributed by atoms with van der Waals surface area (Å²) < 4.78 is 1.64. The Morgan fingerprint density at radius 1 is 1.40 bits per heavy atom. The maximum atomic E-state index is 11.3. The van der Waals surface area contributed by atoms with E-state index in [1.54, 1.807) is 23.1 Å². The second-order valence-corrected chi connectivity index (χ2v) is 5.87. The van der Waals surface area contributed by atoms with Crippen molar-refractivity contribution in [3.05, 3.63) is 30.2 Å². The van der Waals surface area contributed by atoms with Crippen molar-refractivity contribution < 1.29 is 9.90 Å². The first-order valence-electron chi connectivity index (χ1n) is 6.46. The van der Waals surface area contributed by atoms with Gasteiger partial charge in [0.1, 0.15) is 5.69 Å². The summed E-state index contributed by atoms with van der Waals surface area (Å²) in [5.41, 5.74) is 1.33. The molecule has 2 heterocycles. The van der Waals surface area contributed by atoms with Crippen LogP contribution in [0.3, 0.4) is 0 Å². The van der Waals surface area contributed by atoms with Crippen LogP contribution >= 0.6 is 0 Å². The summed E-state index contributed by atoms with van der Waals surface area (Å²) in [5, 5.41) is 17.0. The standard InChI is InChI=1S/C14H18N4O2/c1-14(2,3)6-8-18-12(10-5-4-7-15-9-10)11(13(19)20)16-17-18/h4-5,7,9H,6,8H2,1-3H3,(H,19,20). The lowest BCUT2D eigenvalue weighted by atomic mass is 9.92. The molecule has 0 fully saturated rings. The number of hydrogen-bond donors (Lipinski definition) is 1. The fraction of sp³-hybridized carbons (Fsp3) is 0.429. The Balaban J connectivity index is 2.41. The van der Waals surface area contributed by atoms with Crippen molar-refractivity contribution in [1.82, 2.24) is 20.0 Å². The van der Waals surface area contributed by atoms with Gasteiger partial charge in [-0.2, -0.15) is 0 Å². The highest BCUT2D eigenvalue weighted by atomic mass is 16.4. The minimum Gasteiger partial charge on any atom is -0.476 e. The molecule has 0 aliphatic carbocycles. The van der Waals surface area contributed by atoms with Crippen molar-refractivity contribution in [3.8, 4) is 11.3 Å². The summed E-state index contributed by atoms with van der Waals surface area (Å²) >= 11 is 0. The lowest BCUT2D eigenvalue weighted by molar-refractivity contribution is 0.0691. The van der Waals surface area contributed by atoms with Gasteiger partial charge >= 0.3 is 5.97 Å². The third kappa shape index (κ3) is 3.20. The first kappa shape index (κ1) is 14.2. The second-order valence-electron chi connectivity index (χ2n) is 5.87. The van der Waals surface area contributed by atoms with E-state index in [1.807, 2.05) is 6.07 Å². The number of carboxylic acids is 1. The molecule has 0 unspecified atom stereocenters. The number of rotatable bonds is 4. The van der Waals surface area contributed by atoms with Gasteiger partial charge in [0.05, 0.1) is 0 Å².